The zero-order valence-corrected chi connectivity index (χ0v) is 22.5. The smallest absolute Gasteiger partial charge is 0.410 e. The molecule has 2 aromatic carbocycles. The zero-order valence-electron chi connectivity index (χ0n) is 18.8. The van der Waals surface area contributed by atoms with Crippen LogP contribution in [0.3, 0.4) is 0 Å². The van der Waals surface area contributed by atoms with Crippen LogP contribution in [0.1, 0.15) is 33.6 Å². The number of benzene rings is 2. The van der Waals surface area contributed by atoms with Crippen LogP contribution in [0, 0.1) is 3.57 Å². The maximum Gasteiger partial charge on any atom is 0.410 e. The lowest BCUT2D eigenvalue weighted by Crippen LogP contribution is -2.44. The second-order valence-corrected chi connectivity index (χ2v) is 11.1. The van der Waals surface area contributed by atoms with Crippen molar-refractivity contribution in [3.63, 3.8) is 0 Å². The van der Waals surface area contributed by atoms with Crippen LogP contribution in [0.5, 0.6) is 5.75 Å². The van der Waals surface area contributed by atoms with Gasteiger partial charge < -0.3 is 19.7 Å². The minimum atomic E-state index is -0.491. The second kappa shape index (κ2) is 10.0. The van der Waals surface area contributed by atoms with E-state index in [4.69, 9.17) is 9.47 Å². The van der Waals surface area contributed by atoms with Crippen LogP contribution >= 0.6 is 38.5 Å². The molecule has 1 aliphatic rings. The number of halogens is 2. The zero-order chi connectivity index (χ0) is 23.6. The van der Waals surface area contributed by atoms with Gasteiger partial charge >= 0.3 is 6.09 Å². The van der Waals surface area contributed by atoms with Gasteiger partial charge in [0.1, 0.15) is 17.5 Å². The summed E-state index contributed by atoms with van der Waals surface area (Å²) in [7, 11) is 0. The standard InChI is InChI=1S/C24H26BrIN4O3/c1-24(2,3)33-23(31)30-9-7-18(8-10-30)32-21-13-20-15(11-19(21)25)14-27-22(29-20)28-17-6-4-5-16(26)12-17/h4-6,11-14,18H,7-10H2,1-3H3,(H,27,28,29). The number of fused-ring (bicyclic) bond motifs is 1. The van der Waals surface area contributed by atoms with Gasteiger partial charge in [0.15, 0.2) is 0 Å². The molecule has 7 nitrogen and oxygen atoms in total. The number of aromatic nitrogens is 2. The maximum absolute atomic E-state index is 12.3. The van der Waals surface area contributed by atoms with Gasteiger partial charge in [0.05, 0.1) is 9.99 Å². The molecule has 4 rings (SSSR count). The van der Waals surface area contributed by atoms with Gasteiger partial charge in [-0.05, 0) is 83.6 Å². The second-order valence-electron chi connectivity index (χ2n) is 8.96. The van der Waals surface area contributed by atoms with Crippen LogP contribution < -0.4 is 10.1 Å². The molecular weight excluding hydrogens is 599 g/mol. The van der Waals surface area contributed by atoms with Crippen molar-refractivity contribution < 1.29 is 14.3 Å². The summed E-state index contributed by atoms with van der Waals surface area (Å²) in [6, 6.07) is 11.9. The first-order valence-electron chi connectivity index (χ1n) is 10.8. The maximum atomic E-state index is 12.3. The van der Waals surface area contributed by atoms with E-state index in [-0.39, 0.29) is 12.2 Å². The number of hydrogen-bond donors (Lipinski definition) is 1. The molecule has 0 radical (unpaired) electrons. The van der Waals surface area contributed by atoms with Gasteiger partial charge in [-0.1, -0.05) is 6.07 Å². The van der Waals surface area contributed by atoms with E-state index in [2.05, 4.69) is 53.8 Å². The van der Waals surface area contributed by atoms with Crippen molar-refractivity contribution in [3.05, 3.63) is 50.6 Å². The van der Waals surface area contributed by atoms with Gasteiger partial charge in [-0.2, -0.15) is 0 Å². The number of amides is 1. The van der Waals surface area contributed by atoms with E-state index in [0.717, 1.165) is 43.2 Å². The first-order valence-corrected chi connectivity index (χ1v) is 12.7. The lowest BCUT2D eigenvalue weighted by molar-refractivity contribution is 0.0126. The number of anilines is 2. The summed E-state index contributed by atoms with van der Waals surface area (Å²) in [6.07, 6.45) is 3.03. The number of hydrogen-bond acceptors (Lipinski definition) is 6. The molecule has 1 fully saturated rings. The molecule has 1 aliphatic heterocycles. The normalized spacial score (nSPS) is 14.9. The quantitative estimate of drug-likeness (QED) is 0.333. The lowest BCUT2D eigenvalue weighted by Gasteiger charge is -2.33. The Morgan fingerprint density at radius 3 is 2.67 bits per heavy atom. The molecule has 1 aromatic heterocycles. The number of nitrogens with zero attached hydrogens (tertiary/aromatic N) is 3. The SMILES string of the molecule is CC(C)(C)OC(=O)N1CCC(Oc2cc3nc(Nc4cccc(I)c4)ncc3cc2Br)CC1. The summed E-state index contributed by atoms with van der Waals surface area (Å²) >= 11 is 5.89. The summed E-state index contributed by atoms with van der Waals surface area (Å²) in [5, 5.41) is 4.17. The Balaban J connectivity index is 1.43. The number of rotatable bonds is 4. The van der Waals surface area contributed by atoms with E-state index in [9.17, 15) is 4.79 Å². The number of nitrogens with one attached hydrogen (secondary N) is 1. The van der Waals surface area contributed by atoms with Gasteiger partial charge in [-0.15, -0.1) is 0 Å². The highest BCUT2D eigenvalue weighted by atomic mass is 127. The van der Waals surface area contributed by atoms with Crippen molar-refractivity contribution >= 4 is 67.2 Å². The van der Waals surface area contributed by atoms with Crippen molar-refractivity contribution in [2.24, 2.45) is 0 Å². The monoisotopic (exact) mass is 624 g/mol. The van der Waals surface area contributed by atoms with E-state index < -0.39 is 5.60 Å². The summed E-state index contributed by atoms with van der Waals surface area (Å²) < 4.78 is 13.8. The highest BCUT2D eigenvalue weighted by Crippen LogP contribution is 2.32. The summed E-state index contributed by atoms with van der Waals surface area (Å²) in [5.74, 6) is 1.26. The van der Waals surface area contributed by atoms with Crippen LogP contribution in [0.4, 0.5) is 16.4 Å². The van der Waals surface area contributed by atoms with Crippen LogP contribution in [0.2, 0.25) is 0 Å². The third-order valence-corrected chi connectivity index (χ3v) is 6.39. The molecule has 33 heavy (non-hydrogen) atoms. The average Bonchev–Trinajstić information content (AvgIpc) is 2.74. The highest BCUT2D eigenvalue weighted by molar-refractivity contribution is 14.1. The third kappa shape index (κ3) is 6.47. The number of likely N-dealkylation sites (tertiary alicyclic amines) is 1. The van der Waals surface area contributed by atoms with Crippen molar-refractivity contribution in [1.82, 2.24) is 14.9 Å². The van der Waals surface area contributed by atoms with Crippen LogP contribution in [-0.4, -0.2) is 45.8 Å². The van der Waals surface area contributed by atoms with Gasteiger partial charge in [-0.3, -0.25) is 0 Å². The molecule has 0 atom stereocenters. The fraction of sp³-hybridized carbons (Fsp3) is 0.375. The molecule has 174 valence electrons. The van der Waals surface area contributed by atoms with Crippen LogP contribution in [-0.2, 0) is 4.74 Å². The third-order valence-electron chi connectivity index (χ3n) is 5.10. The molecule has 0 aliphatic carbocycles. The first kappa shape index (κ1) is 24.0. The molecule has 1 amide bonds. The molecular formula is C24H26BrIN4O3. The van der Waals surface area contributed by atoms with Crippen LogP contribution in [0.15, 0.2) is 47.1 Å². The minimum absolute atomic E-state index is 0.0169. The Bertz CT molecular complexity index is 1160. The molecule has 0 spiro atoms. The van der Waals surface area contributed by atoms with Gasteiger partial charge in [0, 0.05) is 52.8 Å². The molecule has 0 unspecified atom stereocenters. The van der Waals surface area contributed by atoms with Crippen molar-refractivity contribution in [1.29, 1.82) is 0 Å². The van der Waals surface area contributed by atoms with E-state index in [1.165, 1.54) is 0 Å². The van der Waals surface area contributed by atoms with E-state index in [0.29, 0.717) is 19.0 Å². The number of ether oxygens (including phenoxy) is 2. The summed E-state index contributed by atoms with van der Waals surface area (Å²) in [6.45, 7) is 6.85. The fourth-order valence-corrected chi connectivity index (χ4v) is 4.54. The van der Waals surface area contributed by atoms with Crippen molar-refractivity contribution in [2.45, 2.75) is 45.3 Å². The Kier molecular flexibility index (Phi) is 7.28. The molecule has 3 aromatic rings. The average molecular weight is 625 g/mol. The Morgan fingerprint density at radius 1 is 1.21 bits per heavy atom. The van der Waals surface area contributed by atoms with Crippen LogP contribution in [0.25, 0.3) is 10.9 Å². The topological polar surface area (TPSA) is 76.6 Å². The Morgan fingerprint density at radius 2 is 1.97 bits per heavy atom. The predicted octanol–water partition coefficient (Wildman–Crippen LogP) is 6.52. The van der Waals surface area contributed by atoms with E-state index in [1.54, 1.807) is 11.1 Å². The van der Waals surface area contributed by atoms with Gasteiger partial charge in [-0.25, -0.2) is 14.8 Å². The highest BCUT2D eigenvalue weighted by Gasteiger charge is 2.28. The van der Waals surface area contributed by atoms with Crippen molar-refractivity contribution in [2.75, 3.05) is 18.4 Å². The number of piperidine rings is 1. The largest absolute Gasteiger partial charge is 0.489 e. The Hall–Kier alpha value is -2.14. The van der Waals surface area contributed by atoms with E-state index in [1.807, 2.05) is 57.2 Å². The summed E-state index contributed by atoms with van der Waals surface area (Å²) in [4.78, 5) is 23.1. The van der Waals surface area contributed by atoms with Gasteiger partial charge in [0.25, 0.3) is 0 Å². The molecule has 2 heterocycles. The van der Waals surface area contributed by atoms with Gasteiger partial charge in [0.2, 0.25) is 5.95 Å². The first-order chi connectivity index (χ1) is 15.7. The van der Waals surface area contributed by atoms with E-state index >= 15 is 0 Å². The van der Waals surface area contributed by atoms with Crippen molar-refractivity contribution in [3.8, 4) is 5.75 Å². The summed E-state index contributed by atoms with van der Waals surface area (Å²) in [5.41, 5.74) is 1.24. The molecule has 1 N–H and O–H groups in total. The number of carbonyl (C=O) groups excluding carboxylic acids is 1. The fourth-order valence-electron chi connectivity index (χ4n) is 3.54. The minimum Gasteiger partial charge on any atom is -0.489 e. The lowest BCUT2D eigenvalue weighted by atomic mass is 10.1. The predicted molar refractivity (Wildman–Crippen MR) is 141 cm³/mol. The molecule has 9 heteroatoms. The molecule has 0 bridgehead atoms. The number of carbonyl (C=O) groups is 1. The Labute approximate surface area is 215 Å². The molecule has 1 saturated heterocycles. The molecule has 0 saturated carbocycles.